The van der Waals surface area contributed by atoms with E-state index in [4.69, 9.17) is 4.98 Å². The number of aliphatic hydroxyl groups excluding tert-OH is 1. The van der Waals surface area contributed by atoms with Crippen molar-refractivity contribution in [3.05, 3.63) is 30.1 Å². The normalized spacial score (nSPS) is 22.6. The van der Waals surface area contributed by atoms with Gasteiger partial charge in [-0.25, -0.2) is 4.98 Å². The van der Waals surface area contributed by atoms with Crippen molar-refractivity contribution in [2.45, 2.75) is 51.7 Å². The summed E-state index contributed by atoms with van der Waals surface area (Å²) in [6.45, 7) is 2.32. The zero-order valence-corrected chi connectivity index (χ0v) is 13.0. The maximum Gasteiger partial charge on any atom is 0.153 e. The first-order valence-corrected chi connectivity index (χ1v) is 8.04. The van der Waals surface area contributed by atoms with E-state index in [9.17, 15) is 5.11 Å². The van der Waals surface area contributed by atoms with Crippen molar-refractivity contribution in [3.63, 3.8) is 0 Å². The van der Waals surface area contributed by atoms with Crippen LogP contribution in [0.2, 0.25) is 0 Å². The monoisotopic (exact) mass is 287 g/mol. The summed E-state index contributed by atoms with van der Waals surface area (Å²) >= 11 is 0. The van der Waals surface area contributed by atoms with Gasteiger partial charge in [0.25, 0.3) is 0 Å². The lowest BCUT2D eigenvalue weighted by atomic mass is 9.84. The average Bonchev–Trinajstić information content (AvgIpc) is 2.92. The lowest BCUT2D eigenvalue weighted by Crippen LogP contribution is -2.36. The Hall–Kier alpha value is -1.55. The first-order chi connectivity index (χ1) is 10.2. The predicted molar refractivity (Wildman–Crippen MR) is 85.6 cm³/mol. The zero-order chi connectivity index (χ0) is 14.8. The number of hydrogen-bond donors (Lipinski definition) is 1. The number of hydrogen-bond acceptors (Lipinski definition) is 3. The fourth-order valence-electron chi connectivity index (χ4n) is 3.58. The number of aromatic nitrogens is 2. The highest BCUT2D eigenvalue weighted by Crippen LogP contribution is 2.32. The largest absolute Gasteiger partial charge is 0.390 e. The van der Waals surface area contributed by atoms with E-state index >= 15 is 0 Å². The highest BCUT2D eigenvalue weighted by Gasteiger charge is 2.26. The molecule has 1 aliphatic carbocycles. The molecule has 0 aliphatic heterocycles. The summed E-state index contributed by atoms with van der Waals surface area (Å²) in [5.41, 5.74) is 1.80. The van der Waals surface area contributed by atoms with Gasteiger partial charge in [0.2, 0.25) is 0 Å². The van der Waals surface area contributed by atoms with E-state index in [0.717, 1.165) is 23.1 Å². The minimum absolute atomic E-state index is 0.0230. The number of rotatable bonds is 4. The van der Waals surface area contributed by atoms with Crippen LogP contribution in [0.4, 0.5) is 5.82 Å². The second-order valence-corrected chi connectivity index (χ2v) is 6.16. The SMILES string of the molecule is CCC1CCC(N(C)c2nc3ccccn3c2CO)CC1. The number of nitrogens with zero attached hydrogens (tertiary/aromatic N) is 3. The standard InChI is InChI=1S/C17H25N3O/c1-3-13-7-9-14(10-8-13)19(2)17-15(12-21)20-11-5-4-6-16(20)18-17/h4-6,11,13-14,21H,3,7-10,12H2,1-2H3. The molecule has 0 aromatic carbocycles. The van der Waals surface area contributed by atoms with Crippen LogP contribution < -0.4 is 4.90 Å². The maximum atomic E-state index is 9.75. The van der Waals surface area contributed by atoms with Gasteiger partial charge in [-0.2, -0.15) is 0 Å². The summed E-state index contributed by atoms with van der Waals surface area (Å²) in [6, 6.07) is 6.50. The summed E-state index contributed by atoms with van der Waals surface area (Å²) < 4.78 is 1.99. The lowest BCUT2D eigenvalue weighted by molar-refractivity contribution is 0.274. The maximum absolute atomic E-state index is 9.75. The first kappa shape index (κ1) is 14.4. The fraction of sp³-hybridized carbons (Fsp3) is 0.588. The summed E-state index contributed by atoms with van der Waals surface area (Å²) in [5.74, 6) is 1.83. The van der Waals surface area contributed by atoms with Crippen LogP contribution in [-0.4, -0.2) is 27.6 Å². The molecule has 4 nitrogen and oxygen atoms in total. The number of anilines is 1. The van der Waals surface area contributed by atoms with Crippen molar-refractivity contribution in [2.75, 3.05) is 11.9 Å². The molecule has 0 bridgehead atoms. The van der Waals surface area contributed by atoms with Crippen LogP contribution in [0.5, 0.6) is 0 Å². The molecule has 2 heterocycles. The van der Waals surface area contributed by atoms with Crippen molar-refractivity contribution in [2.24, 2.45) is 5.92 Å². The second-order valence-electron chi connectivity index (χ2n) is 6.16. The van der Waals surface area contributed by atoms with Crippen LogP contribution in [-0.2, 0) is 6.61 Å². The molecule has 0 saturated heterocycles. The van der Waals surface area contributed by atoms with Crippen molar-refractivity contribution in [1.29, 1.82) is 0 Å². The van der Waals surface area contributed by atoms with E-state index in [1.165, 1.54) is 32.1 Å². The molecule has 4 heteroatoms. The Morgan fingerprint density at radius 3 is 2.71 bits per heavy atom. The van der Waals surface area contributed by atoms with Crippen LogP contribution in [0.1, 0.15) is 44.7 Å². The van der Waals surface area contributed by atoms with Crippen molar-refractivity contribution in [3.8, 4) is 0 Å². The Labute approximate surface area is 126 Å². The van der Waals surface area contributed by atoms with E-state index in [0.29, 0.717) is 6.04 Å². The molecule has 1 aliphatic rings. The number of fused-ring (bicyclic) bond motifs is 1. The van der Waals surface area contributed by atoms with Gasteiger partial charge in [-0.1, -0.05) is 19.4 Å². The molecule has 21 heavy (non-hydrogen) atoms. The smallest absolute Gasteiger partial charge is 0.153 e. The molecule has 2 aromatic heterocycles. The molecule has 0 radical (unpaired) electrons. The molecule has 1 saturated carbocycles. The molecular weight excluding hydrogens is 262 g/mol. The van der Waals surface area contributed by atoms with Gasteiger partial charge in [-0.3, -0.25) is 4.40 Å². The molecule has 3 rings (SSSR count). The Balaban J connectivity index is 1.86. The summed E-state index contributed by atoms with van der Waals surface area (Å²) in [5, 5.41) is 9.75. The van der Waals surface area contributed by atoms with Crippen molar-refractivity contribution in [1.82, 2.24) is 9.38 Å². The van der Waals surface area contributed by atoms with E-state index in [1.54, 1.807) is 0 Å². The average molecular weight is 287 g/mol. The van der Waals surface area contributed by atoms with Gasteiger partial charge in [-0.15, -0.1) is 0 Å². The third kappa shape index (κ3) is 2.64. The molecular formula is C17H25N3O. The molecule has 1 N–H and O–H groups in total. The van der Waals surface area contributed by atoms with Gasteiger partial charge >= 0.3 is 0 Å². The minimum Gasteiger partial charge on any atom is -0.390 e. The second kappa shape index (κ2) is 6.06. The van der Waals surface area contributed by atoms with Gasteiger partial charge in [0.05, 0.1) is 12.3 Å². The van der Waals surface area contributed by atoms with Crippen molar-refractivity contribution >= 4 is 11.5 Å². The van der Waals surface area contributed by atoms with Gasteiger partial charge < -0.3 is 10.0 Å². The van der Waals surface area contributed by atoms with Gasteiger partial charge in [0.1, 0.15) is 5.65 Å². The first-order valence-electron chi connectivity index (χ1n) is 8.04. The van der Waals surface area contributed by atoms with Gasteiger partial charge in [0, 0.05) is 19.3 Å². The summed E-state index contributed by atoms with van der Waals surface area (Å²) in [6.07, 6.45) is 8.36. The topological polar surface area (TPSA) is 40.8 Å². The van der Waals surface area contributed by atoms with E-state index < -0.39 is 0 Å². The molecule has 0 unspecified atom stereocenters. The number of imidazole rings is 1. The van der Waals surface area contributed by atoms with Gasteiger partial charge in [0.15, 0.2) is 5.82 Å². The van der Waals surface area contributed by atoms with Crippen LogP contribution in [0, 0.1) is 5.92 Å². The number of pyridine rings is 1. The van der Waals surface area contributed by atoms with Crippen LogP contribution >= 0.6 is 0 Å². The third-order valence-corrected chi connectivity index (χ3v) is 5.03. The predicted octanol–water partition coefficient (Wildman–Crippen LogP) is 3.23. The molecule has 0 atom stereocenters. The molecule has 1 fully saturated rings. The molecule has 0 spiro atoms. The van der Waals surface area contributed by atoms with Crippen LogP contribution in [0.25, 0.3) is 5.65 Å². The van der Waals surface area contributed by atoms with Crippen molar-refractivity contribution < 1.29 is 5.11 Å². The molecule has 0 amide bonds. The van der Waals surface area contributed by atoms with E-state index in [-0.39, 0.29) is 6.61 Å². The van der Waals surface area contributed by atoms with E-state index in [2.05, 4.69) is 18.9 Å². The minimum atomic E-state index is 0.0230. The molecule has 2 aromatic rings. The van der Waals surface area contributed by atoms with E-state index in [1.807, 2.05) is 28.8 Å². The summed E-state index contributed by atoms with van der Waals surface area (Å²) in [4.78, 5) is 7.01. The van der Waals surface area contributed by atoms with Crippen LogP contribution in [0.3, 0.4) is 0 Å². The number of aliphatic hydroxyl groups is 1. The quantitative estimate of drug-likeness (QED) is 0.938. The zero-order valence-electron chi connectivity index (χ0n) is 13.0. The Morgan fingerprint density at radius 1 is 1.29 bits per heavy atom. The molecule has 114 valence electrons. The third-order valence-electron chi connectivity index (χ3n) is 5.03. The highest BCUT2D eigenvalue weighted by atomic mass is 16.3. The lowest BCUT2D eigenvalue weighted by Gasteiger charge is -2.35. The Morgan fingerprint density at radius 2 is 2.05 bits per heavy atom. The Kier molecular flexibility index (Phi) is 4.15. The Bertz CT molecular complexity index is 599. The summed E-state index contributed by atoms with van der Waals surface area (Å²) in [7, 11) is 2.12. The van der Waals surface area contributed by atoms with Gasteiger partial charge in [-0.05, 0) is 43.7 Å². The fourth-order valence-corrected chi connectivity index (χ4v) is 3.58. The highest BCUT2D eigenvalue weighted by molar-refractivity contribution is 5.56. The van der Waals surface area contributed by atoms with Crippen LogP contribution in [0.15, 0.2) is 24.4 Å².